The van der Waals surface area contributed by atoms with Gasteiger partial charge in [0.05, 0.1) is 6.61 Å². The molecule has 1 fully saturated rings. The van der Waals surface area contributed by atoms with Crippen molar-refractivity contribution < 1.29 is 4.74 Å². The molecule has 1 aliphatic rings. The van der Waals surface area contributed by atoms with Gasteiger partial charge in [-0.3, -0.25) is 4.90 Å². The summed E-state index contributed by atoms with van der Waals surface area (Å²) in [6, 6.07) is 4.82. The summed E-state index contributed by atoms with van der Waals surface area (Å²) in [4.78, 5) is 8.98. The van der Waals surface area contributed by atoms with E-state index in [4.69, 9.17) is 4.74 Å². The second kappa shape index (κ2) is 6.16. The Labute approximate surface area is 110 Å². The number of hydrogen-bond donors (Lipinski definition) is 0. The van der Waals surface area contributed by atoms with Crippen LogP contribution < -0.4 is 4.90 Å². The van der Waals surface area contributed by atoms with Crippen LogP contribution in [0.15, 0.2) is 18.3 Å². The minimum Gasteiger partial charge on any atom is -0.383 e. The van der Waals surface area contributed by atoms with E-state index in [1.165, 1.54) is 24.9 Å². The van der Waals surface area contributed by atoms with Gasteiger partial charge in [0.25, 0.3) is 0 Å². The Balaban J connectivity index is 1.96. The minimum atomic E-state index is 0.573. The third-order valence-electron chi connectivity index (χ3n) is 3.51. The first-order valence-corrected chi connectivity index (χ1v) is 6.56. The summed E-state index contributed by atoms with van der Waals surface area (Å²) >= 11 is 0. The third-order valence-corrected chi connectivity index (χ3v) is 3.51. The van der Waals surface area contributed by atoms with E-state index in [9.17, 15) is 0 Å². The van der Waals surface area contributed by atoms with Gasteiger partial charge >= 0.3 is 0 Å². The number of methoxy groups -OCH3 is 1. The van der Waals surface area contributed by atoms with Crippen LogP contribution in [-0.2, 0) is 11.3 Å². The van der Waals surface area contributed by atoms with Crippen molar-refractivity contribution in [2.75, 3.05) is 39.3 Å². The van der Waals surface area contributed by atoms with Crippen LogP contribution in [0.2, 0.25) is 0 Å². The normalized spacial score (nSPS) is 20.3. The number of anilines is 1. The summed E-state index contributed by atoms with van der Waals surface area (Å²) in [7, 11) is 5.80. The van der Waals surface area contributed by atoms with Crippen molar-refractivity contribution in [1.29, 1.82) is 0 Å². The standard InChI is InChI=1S/C14H23N3O/c1-16(2)14-7-6-12(9-15-14)10-17-8-4-5-13(17)11-18-3/h6-7,9,13H,4-5,8,10-11H2,1-3H3/t13-/m0/s1. The molecule has 0 bridgehead atoms. The van der Waals surface area contributed by atoms with Crippen LogP contribution in [0.3, 0.4) is 0 Å². The summed E-state index contributed by atoms with van der Waals surface area (Å²) in [6.07, 6.45) is 4.51. The predicted octanol–water partition coefficient (Wildman–Crippen LogP) is 1.76. The fraction of sp³-hybridized carbons (Fsp3) is 0.643. The molecule has 2 rings (SSSR count). The van der Waals surface area contributed by atoms with Crippen molar-refractivity contribution >= 4 is 5.82 Å². The number of hydrogen-bond acceptors (Lipinski definition) is 4. The lowest BCUT2D eigenvalue weighted by Crippen LogP contribution is -2.32. The quantitative estimate of drug-likeness (QED) is 0.795. The van der Waals surface area contributed by atoms with Gasteiger partial charge < -0.3 is 9.64 Å². The average Bonchev–Trinajstić information content (AvgIpc) is 2.78. The van der Waals surface area contributed by atoms with E-state index < -0.39 is 0 Å². The van der Waals surface area contributed by atoms with E-state index in [1.807, 2.05) is 25.2 Å². The number of aromatic nitrogens is 1. The molecule has 1 atom stereocenters. The molecule has 0 unspecified atom stereocenters. The Bertz CT molecular complexity index is 364. The molecule has 1 aliphatic heterocycles. The lowest BCUT2D eigenvalue weighted by atomic mass is 10.2. The second-order valence-corrected chi connectivity index (χ2v) is 5.14. The molecule has 4 nitrogen and oxygen atoms in total. The van der Waals surface area contributed by atoms with Gasteiger partial charge in [-0.25, -0.2) is 4.98 Å². The van der Waals surface area contributed by atoms with Crippen LogP contribution in [0.4, 0.5) is 5.82 Å². The van der Waals surface area contributed by atoms with E-state index in [2.05, 4.69) is 22.0 Å². The molecule has 0 aromatic carbocycles. The molecule has 0 N–H and O–H groups in total. The van der Waals surface area contributed by atoms with Crippen LogP contribution in [0, 0.1) is 0 Å². The van der Waals surface area contributed by atoms with Crippen molar-refractivity contribution in [3.8, 4) is 0 Å². The van der Waals surface area contributed by atoms with Gasteiger partial charge in [0.15, 0.2) is 0 Å². The van der Waals surface area contributed by atoms with Crippen LogP contribution >= 0.6 is 0 Å². The van der Waals surface area contributed by atoms with Crippen molar-refractivity contribution in [3.05, 3.63) is 23.9 Å². The van der Waals surface area contributed by atoms with Crippen LogP contribution in [-0.4, -0.2) is 50.3 Å². The zero-order valence-electron chi connectivity index (χ0n) is 11.6. The maximum absolute atomic E-state index is 5.28. The van der Waals surface area contributed by atoms with Gasteiger partial charge in [-0.05, 0) is 31.0 Å². The Morgan fingerprint density at radius 1 is 1.44 bits per heavy atom. The molecule has 0 saturated carbocycles. The second-order valence-electron chi connectivity index (χ2n) is 5.14. The number of nitrogens with zero attached hydrogens (tertiary/aromatic N) is 3. The molecule has 100 valence electrons. The van der Waals surface area contributed by atoms with E-state index in [0.717, 1.165) is 19.0 Å². The number of ether oxygens (including phenoxy) is 1. The summed E-state index contributed by atoms with van der Waals surface area (Å²) in [5, 5.41) is 0. The summed E-state index contributed by atoms with van der Waals surface area (Å²) in [5.41, 5.74) is 1.28. The topological polar surface area (TPSA) is 28.6 Å². The molecule has 0 radical (unpaired) electrons. The largest absolute Gasteiger partial charge is 0.383 e. The van der Waals surface area contributed by atoms with E-state index in [-0.39, 0.29) is 0 Å². The Morgan fingerprint density at radius 2 is 2.28 bits per heavy atom. The van der Waals surface area contributed by atoms with Crippen molar-refractivity contribution in [2.45, 2.75) is 25.4 Å². The first kappa shape index (κ1) is 13.3. The monoisotopic (exact) mass is 249 g/mol. The summed E-state index contributed by atoms with van der Waals surface area (Å²) in [6.45, 7) is 2.99. The Morgan fingerprint density at radius 3 is 2.89 bits per heavy atom. The molecule has 1 aromatic heterocycles. The molecule has 4 heteroatoms. The molecule has 0 aliphatic carbocycles. The zero-order chi connectivity index (χ0) is 13.0. The predicted molar refractivity (Wildman–Crippen MR) is 73.9 cm³/mol. The highest BCUT2D eigenvalue weighted by Gasteiger charge is 2.24. The molecular weight excluding hydrogens is 226 g/mol. The number of rotatable bonds is 5. The maximum atomic E-state index is 5.28. The molecule has 1 saturated heterocycles. The molecule has 18 heavy (non-hydrogen) atoms. The first-order valence-electron chi connectivity index (χ1n) is 6.56. The van der Waals surface area contributed by atoms with Gasteiger partial charge in [0.1, 0.15) is 5.82 Å². The van der Waals surface area contributed by atoms with Crippen LogP contribution in [0.25, 0.3) is 0 Å². The molecular formula is C14H23N3O. The smallest absolute Gasteiger partial charge is 0.127 e. The van der Waals surface area contributed by atoms with Crippen molar-refractivity contribution in [1.82, 2.24) is 9.88 Å². The van der Waals surface area contributed by atoms with E-state index in [0.29, 0.717) is 6.04 Å². The maximum Gasteiger partial charge on any atom is 0.127 e. The van der Waals surface area contributed by atoms with Crippen molar-refractivity contribution in [2.24, 2.45) is 0 Å². The van der Waals surface area contributed by atoms with Gasteiger partial charge in [0, 0.05) is 40.0 Å². The Kier molecular flexibility index (Phi) is 4.55. The number of likely N-dealkylation sites (tertiary alicyclic amines) is 1. The zero-order valence-corrected chi connectivity index (χ0v) is 11.6. The lowest BCUT2D eigenvalue weighted by molar-refractivity contribution is 0.112. The lowest BCUT2D eigenvalue weighted by Gasteiger charge is -2.23. The average molecular weight is 249 g/mol. The van der Waals surface area contributed by atoms with E-state index >= 15 is 0 Å². The van der Waals surface area contributed by atoms with Gasteiger partial charge in [-0.1, -0.05) is 6.07 Å². The van der Waals surface area contributed by atoms with Crippen molar-refractivity contribution in [3.63, 3.8) is 0 Å². The van der Waals surface area contributed by atoms with Crippen LogP contribution in [0.5, 0.6) is 0 Å². The molecule has 0 amide bonds. The third kappa shape index (κ3) is 3.21. The van der Waals surface area contributed by atoms with Crippen LogP contribution in [0.1, 0.15) is 18.4 Å². The molecule has 1 aromatic rings. The summed E-state index contributed by atoms with van der Waals surface area (Å²) in [5.74, 6) is 1.01. The highest BCUT2D eigenvalue weighted by atomic mass is 16.5. The fourth-order valence-corrected chi connectivity index (χ4v) is 2.49. The number of pyridine rings is 1. The minimum absolute atomic E-state index is 0.573. The highest BCUT2D eigenvalue weighted by molar-refractivity contribution is 5.37. The Hall–Kier alpha value is -1.13. The highest BCUT2D eigenvalue weighted by Crippen LogP contribution is 2.20. The van der Waals surface area contributed by atoms with Gasteiger partial charge in [0.2, 0.25) is 0 Å². The molecule has 0 spiro atoms. The van der Waals surface area contributed by atoms with Gasteiger partial charge in [-0.15, -0.1) is 0 Å². The molecule has 2 heterocycles. The van der Waals surface area contributed by atoms with Gasteiger partial charge in [-0.2, -0.15) is 0 Å². The fourth-order valence-electron chi connectivity index (χ4n) is 2.49. The van der Waals surface area contributed by atoms with E-state index in [1.54, 1.807) is 7.11 Å². The SMILES string of the molecule is COC[C@@H]1CCCN1Cc1ccc(N(C)C)nc1. The first-order chi connectivity index (χ1) is 8.70. The summed E-state index contributed by atoms with van der Waals surface area (Å²) < 4.78 is 5.28.